The number of carbonyl (C=O) groups is 1. The maximum atomic E-state index is 12.6. The van der Waals surface area contributed by atoms with Gasteiger partial charge in [-0.05, 0) is 73.2 Å². The van der Waals surface area contributed by atoms with Crippen molar-refractivity contribution in [2.75, 3.05) is 13.2 Å². The fraction of sp³-hybridized carbons (Fsp3) is 0.240. The van der Waals surface area contributed by atoms with Crippen LogP contribution in [0.2, 0.25) is 5.02 Å². The number of halogens is 4. The van der Waals surface area contributed by atoms with Crippen LogP contribution in [-0.2, 0) is 27.1 Å². The third kappa shape index (κ3) is 7.97. The maximum absolute atomic E-state index is 12.6. The standard InChI is InChI=1S/C25H22ClF3O5/c1-17(24(30)32-15-14-31-16-18-2-6-20(26)7-3-18)33-21-10-12-23(13-11-21)34-22-8-4-19(5-9-22)25(27,28)29/h2-13,17H,14-16H2,1H3. The van der Waals surface area contributed by atoms with Crippen LogP contribution >= 0.6 is 11.6 Å². The summed E-state index contributed by atoms with van der Waals surface area (Å²) < 4.78 is 59.6. The van der Waals surface area contributed by atoms with Crippen molar-refractivity contribution >= 4 is 17.6 Å². The molecular weight excluding hydrogens is 473 g/mol. The Hall–Kier alpha value is -3.23. The summed E-state index contributed by atoms with van der Waals surface area (Å²) in [5.41, 5.74) is 0.204. The predicted octanol–water partition coefficient (Wildman–Crippen LogP) is 6.68. The second-order valence-electron chi connectivity index (χ2n) is 7.20. The normalized spacial score (nSPS) is 12.1. The molecule has 180 valence electrons. The molecule has 0 saturated heterocycles. The highest BCUT2D eigenvalue weighted by molar-refractivity contribution is 6.30. The molecule has 0 N–H and O–H groups in total. The smallest absolute Gasteiger partial charge is 0.416 e. The van der Waals surface area contributed by atoms with E-state index in [4.69, 9.17) is 30.5 Å². The van der Waals surface area contributed by atoms with Crippen LogP contribution in [0.15, 0.2) is 72.8 Å². The van der Waals surface area contributed by atoms with Crippen LogP contribution in [0.4, 0.5) is 13.2 Å². The molecule has 0 spiro atoms. The minimum absolute atomic E-state index is 0.0834. The summed E-state index contributed by atoms with van der Waals surface area (Å²) in [5, 5.41) is 0.646. The van der Waals surface area contributed by atoms with E-state index in [2.05, 4.69) is 0 Å². The van der Waals surface area contributed by atoms with Crippen molar-refractivity contribution < 1.29 is 36.9 Å². The van der Waals surface area contributed by atoms with Crippen LogP contribution in [0.1, 0.15) is 18.1 Å². The number of hydrogen-bond donors (Lipinski definition) is 0. The first-order valence-corrected chi connectivity index (χ1v) is 10.7. The van der Waals surface area contributed by atoms with Gasteiger partial charge < -0.3 is 18.9 Å². The van der Waals surface area contributed by atoms with Crippen LogP contribution in [0, 0.1) is 0 Å². The molecule has 1 atom stereocenters. The lowest BCUT2D eigenvalue weighted by Gasteiger charge is -2.14. The monoisotopic (exact) mass is 494 g/mol. The van der Waals surface area contributed by atoms with Gasteiger partial charge in [-0.2, -0.15) is 13.2 Å². The zero-order valence-corrected chi connectivity index (χ0v) is 18.9. The molecule has 0 aliphatic carbocycles. The number of rotatable bonds is 10. The van der Waals surface area contributed by atoms with Gasteiger partial charge in [0.05, 0.1) is 18.8 Å². The molecule has 3 rings (SSSR count). The molecular formula is C25H22ClF3O5. The first kappa shape index (κ1) is 25.4. The van der Waals surface area contributed by atoms with Crippen LogP contribution in [-0.4, -0.2) is 25.3 Å². The molecule has 9 heteroatoms. The number of ether oxygens (including phenoxy) is 4. The Morgan fingerprint density at radius 3 is 2.00 bits per heavy atom. The third-order valence-electron chi connectivity index (χ3n) is 4.54. The Morgan fingerprint density at radius 1 is 0.853 bits per heavy atom. The third-order valence-corrected chi connectivity index (χ3v) is 4.79. The minimum Gasteiger partial charge on any atom is -0.479 e. The van der Waals surface area contributed by atoms with Gasteiger partial charge in [-0.3, -0.25) is 0 Å². The SMILES string of the molecule is CC(Oc1ccc(Oc2ccc(C(F)(F)F)cc2)cc1)C(=O)OCCOCc1ccc(Cl)cc1. The van der Waals surface area contributed by atoms with Gasteiger partial charge in [-0.1, -0.05) is 23.7 Å². The lowest BCUT2D eigenvalue weighted by molar-refractivity contribution is -0.152. The molecule has 34 heavy (non-hydrogen) atoms. The molecule has 0 aliphatic heterocycles. The van der Waals surface area contributed by atoms with E-state index in [1.54, 1.807) is 43.3 Å². The first-order valence-electron chi connectivity index (χ1n) is 10.3. The topological polar surface area (TPSA) is 54.0 Å². The molecule has 0 fully saturated rings. The number of benzene rings is 3. The zero-order valence-electron chi connectivity index (χ0n) is 18.2. The molecule has 0 amide bonds. The molecule has 0 radical (unpaired) electrons. The Kier molecular flexibility index (Phi) is 8.79. The van der Waals surface area contributed by atoms with E-state index < -0.39 is 23.8 Å². The first-order chi connectivity index (χ1) is 16.2. The predicted molar refractivity (Wildman–Crippen MR) is 120 cm³/mol. The average Bonchev–Trinajstić information content (AvgIpc) is 2.81. The molecule has 0 bridgehead atoms. The van der Waals surface area contributed by atoms with E-state index in [1.807, 2.05) is 12.1 Å². The quantitative estimate of drug-likeness (QED) is 0.232. The van der Waals surface area contributed by atoms with E-state index in [-0.39, 0.29) is 19.0 Å². The van der Waals surface area contributed by atoms with E-state index in [1.165, 1.54) is 12.1 Å². The van der Waals surface area contributed by atoms with Gasteiger partial charge in [0.1, 0.15) is 23.9 Å². The summed E-state index contributed by atoms with van der Waals surface area (Å²) in [6.07, 6.45) is -5.25. The van der Waals surface area contributed by atoms with Crippen LogP contribution in [0.5, 0.6) is 17.2 Å². The van der Waals surface area contributed by atoms with Crippen LogP contribution < -0.4 is 9.47 Å². The number of carbonyl (C=O) groups excluding carboxylic acids is 1. The molecule has 0 aromatic heterocycles. The van der Waals surface area contributed by atoms with Gasteiger partial charge in [0.25, 0.3) is 0 Å². The Morgan fingerprint density at radius 2 is 1.41 bits per heavy atom. The summed E-state index contributed by atoms with van der Waals surface area (Å²) in [6, 6.07) is 17.9. The molecule has 0 saturated carbocycles. The van der Waals surface area contributed by atoms with Gasteiger partial charge >= 0.3 is 12.1 Å². The Labute approximate surface area is 200 Å². The zero-order chi connectivity index (χ0) is 24.6. The van der Waals surface area contributed by atoms with Crippen molar-refractivity contribution in [1.29, 1.82) is 0 Å². The van der Waals surface area contributed by atoms with Crippen molar-refractivity contribution in [1.82, 2.24) is 0 Å². The van der Waals surface area contributed by atoms with E-state index >= 15 is 0 Å². The largest absolute Gasteiger partial charge is 0.479 e. The summed E-state index contributed by atoms with van der Waals surface area (Å²) in [6.45, 7) is 2.25. The lowest BCUT2D eigenvalue weighted by atomic mass is 10.2. The second kappa shape index (κ2) is 11.8. The van der Waals surface area contributed by atoms with Crippen molar-refractivity contribution in [3.63, 3.8) is 0 Å². The van der Waals surface area contributed by atoms with Crippen molar-refractivity contribution in [3.05, 3.63) is 88.9 Å². The maximum Gasteiger partial charge on any atom is 0.416 e. The molecule has 1 unspecified atom stereocenters. The number of hydrogen-bond acceptors (Lipinski definition) is 5. The van der Waals surface area contributed by atoms with Crippen molar-refractivity contribution in [2.45, 2.75) is 25.8 Å². The highest BCUT2D eigenvalue weighted by Crippen LogP contribution is 2.31. The average molecular weight is 495 g/mol. The molecule has 5 nitrogen and oxygen atoms in total. The van der Waals surface area contributed by atoms with Gasteiger partial charge in [-0.15, -0.1) is 0 Å². The molecule has 3 aromatic carbocycles. The van der Waals surface area contributed by atoms with Crippen molar-refractivity contribution in [2.24, 2.45) is 0 Å². The summed E-state index contributed by atoms with van der Waals surface area (Å²) in [5.74, 6) is 0.528. The molecule has 0 heterocycles. The van der Waals surface area contributed by atoms with Gasteiger partial charge in [-0.25, -0.2) is 4.79 Å². The number of alkyl halides is 3. The highest BCUT2D eigenvalue weighted by Gasteiger charge is 2.30. The minimum atomic E-state index is -4.40. The van der Waals surface area contributed by atoms with E-state index in [9.17, 15) is 18.0 Å². The second-order valence-corrected chi connectivity index (χ2v) is 7.64. The van der Waals surface area contributed by atoms with Crippen molar-refractivity contribution in [3.8, 4) is 17.2 Å². The fourth-order valence-corrected chi connectivity index (χ4v) is 2.90. The van der Waals surface area contributed by atoms with Gasteiger partial charge in [0.15, 0.2) is 6.10 Å². The Bertz CT molecular complexity index is 1050. The van der Waals surface area contributed by atoms with Crippen LogP contribution in [0.25, 0.3) is 0 Å². The van der Waals surface area contributed by atoms with Gasteiger partial charge in [0, 0.05) is 5.02 Å². The lowest BCUT2D eigenvalue weighted by Crippen LogP contribution is -2.27. The van der Waals surface area contributed by atoms with Gasteiger partial charge in [0.2, 0.25) is 0 Å². The summed E-state index contributed by atoms with van der Waals surface area (Å²) in [7, 11) is 0. The van der Waals surface area contributed by atoms with Crippen LogP contribution in [0.3, 0.4) is 0 Å². The molecule has 0 aliphatic rings. The highest BCUT2D eigenvalue weighted by atomic mass is 35.5. The fourth-order valence-electron chi connectivity index (χ4n) is 2.78. The summed E-state index contributed by atoms with van der Waals surface area (Å²) >= 11 is 5.83. The van der Waals surface area contributed by atoms with E-state index in [0.29, 0.717) is 23.1 Å². The Balaban J connectivity index is 1.39. The number of esters is 1. The van der Waals surface area contributed by atoms with E-state index in [0.717, 1.165) is 17.7 Å². The molecule has 3 aromatic rings. The summed E-state index contributed by atoms with van der Waals surface area (Å²) in [4.78, 5) is 12.1.